The van der Waals surface area contributed by atoms with Gasteiger partial charge in [0.15, 0.2) is 5.54 Å². The summed E-state index contributed by atoms with van der Waals surface area (Å²) in [5.41, 5.74) is -1.42. The molecule has 0 aliphatic carbocycles. The van der Waals surface area contributed by atoms with Crippen LogP contribution in [0.1, 0.15) is 40.0 Å². The van der Waals surface area contributed by atoms with Crippen LogP contribution in [0.25, 0.3) is 0 Å². The van der Waals surface area contributed by atoms with E-state index in [1.807, 2.05) is 7.05 Å². The van der Waals surface area contributed by atoms with E-state index in [-0.39, 0.29) is 18.9 Å². The standard InChI is InChI=1S/C14H25N3O4S/c1-5-14(12(19)20,17(6-2)11(3)18)13(22-15-21)7-9-16(4)10-8-13/h5-10H2,1-4H3,(H,19,20). The van der Waals surface area contributed by atoms with E-state index in [1.165, 1.54) is 11.8 Å². The lowest BCUT2D eigenvalue weighted by Gasteiger charge is -2.53. The molecule has 1 aliphatic heterocycles. The third kappa shape index (κ3) is 2.99. The lowest BCUT2D eigenvalue weighted by molar-refractivity contribution is -0.163. The summed E-state index contributed by atoms with van der Waals surface area (Å²) in [7, 11) is 1.96. The van der Waals surface area contributed by atoms with Gasteiger partial charge < -0.3 is 14.9 Å². The molecular formula is C14H25N3O4S. The Bertz CT molecular complexity index is 438. The average Bonchev–Trinajstić information content (AvgIpc) is 2.46. The summed E-state index contributed by atoms with van der Waals surface area (Å²) in [6.07, 6.45) is 1.25. The van der Waals surface area contributed by atoms with Gasteiger partial charge in [0, 0.05) is 30.0 Å². The van der Waals surface area contributed by atoms with E-state index in [0.717, 1.165) is 11.9 Å². The van der Waals surface area contributed by atoms with Crippen molar-refractivity contribution in [2.24, 2.45) is 4.58 Å². The van der Waals surface area contributed by atoms with Gasteiger partial charge >= 0.3 is 5.97 Å². The number of hydrogen-bond donors (Lipinski definition) is 1. The first-order chi connectivity index (χ1) is 10.3. The minimum absolute atomic E-state index is 0.238. The number of likely N-dealkylation sites (N-methyl/N-ethyl adjacent to an activating group) is 1. The number of aliphatic carboxylic acids is 1. The maximum Gasteiger partial charge on any atom is 0.331 e. The average molecular weight is 331 g/mol. The van der Waals surface area contributed by atoms with Crippen LogP contribution in [0, 0.1) is 4.91 Å². The van der Waals surface area contributed by atoms with Gasteiger partial charge in [-0.05, 0) is 46.3 Å². The molecule has 0 bridgehead atoms. The molecule has 8 heteroatoms. The zero-order valence-corrected chi connectivity index (χ0v) is 14.5. The predicted octanol–water partition coefficient (Wildman–Crippen LogP) is 1.97. The van der Waals surface area contributed by atoms with E-state index in [0.29, 0.717) is 25.9 Å². The van der Waals surface area contributed by atoms with Gasteiger partial charge in [-0.1, -0.05) is 6.92 Å². The molecule has 126 valence electrons. The van der Waals surface area contributed by atoms with Crippen LogP contribution in [-0.2, 0) is 9.59 Å². The van der Waals surface area contributed by atoms with E-state index in [4.69, 9.17) is 0 Å². The smallest absolute Gasteiger partial charge is 0.331 e. The third-order valence-corrected chi connectivity index (χ3v) is 5.95. The molecule has 1 heterocycles. The molecule has 0 aromatic rings. The Balaban J connectivity index is 3.47. The van der Waals surface area contributed by atoms with Gasteiger partial charge in [-0.3, -0.25) is 4.79 Å². The lowest BCUT2D eigenvalue weighted by Crippen LogP contribution is -2.70. The Morgan fingerprint density at radius 1 is 1.36 bits per heavy atom. The highest BCUT2D eigenvalue weighted by molar-refractivity contribution is 7.99. The molecule has 0 aromatic heterocycles. The van der Waals surface area contributed by atoms with Gasteiger partial charge in [-0.2, -0.15) is 0 Å². The number of carboxylic acids is 1. The van der Waals surface area contributed by atoms with Gasteiger partial charge in [0.25, 0.3) is 0 Å². The Kier molecular flexibility index (Phi) is 6.37. The molecule has 22 heavy (non-hydrogen) atoms. The van der Waals surface area contributed by atoms with E-state index in [1.54, 1.807) is 13.8 Å². The Hall–Kier alpha value is -1.15. The van der Waals surface area contributed by atoms with Crippen molar-refractivity contribution in [2.45, 2.75) is 50.3 Å². The number of carboxylic acid groups (broad SMARTS) is 1. The van der Waals surface area contributed by atoms with Crippen molar-refractivity contribution < 1.29 is 14.7 Å². The maximum absolute atomic E-state index is 12.3. The zero-order valence-electron chi connectivity index (χ0n) is 13.7. The molecule has 0 saturated carbocycles. The normalized spacial score (nSPS) is 20.9. The molecular weight excluding hydrogens is 306 g/mol. The SMILES string of the molecule is CCN(C(C)=O)C(CC)(C(=O)O)C1(SN=O)CCN(C)CC1. The Labute approximate surface area is 135 Å². The second-order valence-electron chi connectivity index (χ2n) is 5.75. The van der Waals surface area contributed by atoms with Crippen molar-refractivity contribution in [2.75, 3.05) is 26.7 Å². The highest BCUT2D eigenvalue weighted by atomic mass is 32.2. The summed E-state index contributed by atoms with van der Waals surface area (Å²) >= 11 is 0.791. The van der Waals surface area contributed by atoms with Gasteiger partial charge in [-0.25, -0.2) is 4.79 Å². The summed E-state index contributed by atoms with van der Waals surface area (Å²) in [4.78, 5) is 38.8. The van der Waals surface area contributed by atoms with Crippen LogP contribution < -0.4 is 0 Å². The molecule has 0 radical (unpaired) electrons. The molecule has 1 amide bonds. The maximum atomic E-state index is 12.3. The molecule has 7 nitrogen and oxygen atoms in total. The van der Waals surface area contributed by atoms with Crippen molar-refractivity contribution in [3.05, 3.63) is 4.91 Å². The van der Waals surface area contributed by atoms with Gasteiger partial charge in [-0.15, -0.1) is 4.91 Å². The molecule has 0 spiro atoms. The fourth-order valence-corrected chi connectivity index (χ4v) is 4.61. The number of rotatable bonds is 7. The lowest BCUT2D eigenvalue weighted by atomic mass is 9.73. The summed E-state index contributed by atoms with van der Waals surface area (Å²) in [5, 5.41) is 10.0. The summed E-state index contributed by atoms with van der Waals surface area (Å²) in [6.45, 7) is 6.52. The van der Waals surface area contributed by atoms with E-state index in [9.17, 15) is 19.6 Å². The minimum Gasteiger partial charge on any atom is -0.479 e. The molecule has 0 aromatic carbocycles. The van der Waals surface area contributed by atoms with E-state index >= 15 is 0 Å². The Morgan fingerprint density at radius 2 is 1.91 bits per heavy atom. The van der Waals surface area contributed by atoms with Crippen LogP contribution in [0.2, 0.25) is 0 Å². The first kappa shape index (κ1) is 18.9. The van der Waals surface area contributed by atoms with Crippen LogP contribution in [-0.4, -0.2) is 63.8 Å². The van der Waals surface area contributed by atoms with Gasteiger partial charge in [0.05, 0.1) is 4.75 Å². The van der Waals surface area contributed by atoms with Crippen molar-refractivity contribution >= 4 is 23.8 Å². The number of carbonyl (C=O) groups is 2. The fourth-order valence-electron chi connectivity index (χ4n) is 3.61. The zero-order chi connectivity index (χ0) is 17.0. The topological polar surface area (TPSA) is 90.3 Å². The molecule has 1 N–H and O–H groups in total. The van der Waals surface area contributed by atoms with Crippen LogP contribution in [0.15, 0.2) is 4.58 Å². The van der Waals surface area contributed by atoms with Crippen LogP contribution >= 0.6 is 11.9 Å². The number of hydrogen-bond acceptors (Lipinski definition) is 6. The molecule has 1 aliphatic rings. The number of piperidine rings is 1. The summed E-state index contributed by atoms with van der Waals surface area (Å²) < 4.78 is 2.08. The highest BCUT2D eigenvalue weighted by Gasteiger charge is 2.61. The number of nitrogens with zero attached hydrogens (tertiary/aromatic N) is 3. The molecule has 1 fully saturated rings. The summed E-state index contributed by atoms with van der Waals surface area (Å²) in [6, 6.07) is 0. The Morgan fingerprint density at radius 3 is 2.23 bits per heavy atom. The van der Waals surface area contributed by atoms with Crippen molar-refractivity contribution in [3.8, 4) is 0 Å². The molecule has 1 atom stereocenters. The highest BCUT2D eigenvalue weighted by Crippen LogP contribution is 2.49. The monoisotopic (exact) mass is 331 g/mol. The largest absolute Gasteiger partial charge is 0.479 e. The number of carbonyl (C=O) groups excluding carboxylic acids is 1. The second-order valence-corrected chi connectivity index (χ2v) is 6.86. The predicted molar refractivity (Wildman–Crippen MR) is 86.6 cm³/mol. The van der Waals surface area contributed by atoms with Crippen LogP contribution in [0.4, 0.5) is 0 Å². The van der Waals surface area contributed by atoms with Crippen LogP contribution in [0.3, 0.4) is 0 Å². The van der Waals surface area contributed by atoms with Gasteiger partial charge in [0.2, 0.25) is 5.91 Å². The first-order valence-electron chi connectivity index (χ1n) is 7.52. The fraction of sp³-hybridized carbons (Fsp3) is 0.857. The van der Waals surface area contributed by atoms with E-state index < -0.39 is 16.3 Å². The number of likely N-dealkylation sites (tertiary alicyclic amines) is 1. The molecule has 1 unspecified atom stereocenters. The minimum atomic E-state index is -1.42. The summed E-state index contributed by atoms with van der Waals surface area (Å²) in [5.74, 6) is -1.36. The molecule has 1 rings (SSSR count). The number of amides is 1. The third-order valence-electron chi connectivity index (χ3n) is 4.78. The number of nitroso groups, excluding NO2 is 1. The van der Waals surface area contributed by atoms with Crippen molar-refractivity contribution in [1.29, 1.82) is 0 Å². The quantitative estimate of drug-likeness (QED) is 0.566. The van der Waals surface area contributed by atoms with Crippen molar-refractivity contribution in [3.63, 3.8) is 0 Å². The van der Waals surface area contributed by atoms with Crippen LogP contribution in [0.5, 0.6) is 0 Å². The first-order valence-corrected chi connectivity index (χ1v) is 8.29. The van der Waals surface area contributed by atoms with Gasteiger partial charge in [0.1, 0.15) is 0 Å². The second kappa shape index (κ2) is 7.41. The molecule has 1 saturated heterocycles. The van der Waals surface area contributed by atoms with Crippen molar-refractivity contribution in [1.82, 2.24) is 9.80 Å². The van der Waals surface area contributed by atoms with E-state index in [2.05, 4.69) is 9.48 Å².